The number of nitrogens with one attached hydrogen (secondary N) is 3. The molecule has 0 saturated heterocycles. The summed E-state index contributed by atoms with van der Waals surface area (Å²) in [5, 5.41) is 17.1. The number of aromatic nitrogens is 2. The molecular weight excluding hydrogens is 413 g/mol. The van der Waals surface area contributed by atoms with Gasteiger partial charge in [0.15, 0.2) is 4.34 Å². The maximum atomic E-state index is 13.5. The molecule has 10 heteroatoms. The number of hydrogen-bond acceptors (Lipinski definition) is 7. The van der Waals surface area contributed by atoms with Crippen LogP contribution in [0.3, 0.4) is 0 Å². The molecule has 0 aliphatic carbocycles. The van der Waals surface area contributed by atoms with Gasteiger partial charge in [0, 0.05) is 24.0 Å². The number of aryl methyl sites for hydroxylation is 1. The van der Waals surface area contributed by atoms with Crippen molar-refractivity contribution in [2.75, 3.05) is 21.7 Å². The average Bonchev–Trinajstić information content (AvgIpc) is 3.10. The summed E-state index contributed by atoms with van der Waals surface area (Å²) >= 11 is 2.54. The number of hydrogen-bond donors (Lipinski definition) is 3. The zero-order valence-corrected chi connectivity index (χ0v) is 17.3. The summed E-state index contributed by atoms with van der Waals surface area (Å²) < 4.78 is 14.2. The topological polar surface area (TPSA) is 96.0 Å². The first-order chi connectivity index (χ1) is 13.9. The van der Waals surface area contributed by atoms with Crippen LogP contribution >= 0.6 is 23.1 Å². The second kappa shape index (κ2) is 9.48. The summed E-state index contributed by atoms with van der Waals surface area (Å²) in [6.07, 6.45) is 0. The molecule has 0 aliphatic heterocycles. The van der Waals surface area contributed by atoms with Gasteiger partial charge in [0.25, 0.3) is 0 Å². The molecular formula is C19H18FN5O2S2. The first-order valence-corrected chi connectivity index (χ1v) is 10.4. The Morgan fingerprint density at radius 2 is 1.83 bits per heavy atom. The highest BCUT2D eigenvalue weighted by Crippen LogP contribution is 2.28. The van der Waals surface area contributed by atoms with Crippen LogP contribution in [0.25, 0.3) is 0 Å². The Bertz CT molecular complexity index is 1040. The Kier molecular flexibility index (Phi) is 6.78. The van der Waals surface area contributed by atoms with Crippen molar-refractivity contribution < 1.29 is 14.0 Å². The van der Waals surface area contributed by atoms with Gasteiger partial charge in [-0.25, -0.2) is 4.39 Å². The van der Waals surface area contributed by atoms with E-state index in [0.717, 1.165) is 5.69 Å². The van der Waals surface area contributed by atoms with Crippen molar-refractivity contribution in [3.63, 3.8) is 0 Å². The molecule has 0 radical (unpaired) electrons. The van der Waals surface area contributed by atoms with Crippen LogP contribution in [0.15, 0.2) is 46.8 Å². The molecule has 3 N–H and O–H groups in total. The van der Waals surface area contributed by atoms with Gasteiger partial charge in [0.2, 0.25) is 16.9 Å². The molecule has 2 aromatic carbocycles. The van der Waals surface area contributed by atoms with Gasteiger partial charge >= 0.3 is 0 Å². The molecule has 0 saturated carbocycles. The number of carbonyl (C=O) groups is 2. The molecule has 7 nitrogen and oxygen atoms in total. The van der Waals surface area contributed by atoms with Crippen molar-refractivity contribution in [1.29, 1.82) is 0 Å². The van der Waals surface area contributed by atoms with E-state index in [1.54, 1.807) is 31.2 Å². The van der Waals surface area contributed by atoms with Crippen LogP contribution in [0.4, 0.5) is 26.6 Å². The number of thioether (sulfide) groups is 1. The van der Waals surface area contributed by atoms with Crippen LogP contribution in [0.1, 0.15) is 12.5 Å². The highest BCUT2D eigenvalue weighted by molar-refractivity contribution is 8.01. The predicted molar refractivity (Wildman–Crippen MR) is 114 cm³/mol. The van der Waals surface area contributed by atoms with Crippen molar-refractivity contribution in [3.8, 4) is 0 Å². The van der Waals surface area contributed by atoms with Crippen molar-refractivity contribution in [2.45, 2.75) is 18.2 Å². The van der Waals surface area contributed by atoms with E-state index in [1.165, 1.54) is 36.1 Å². The lowest BCUT2D eigenvalue weighted by Gasteiger charge is -2.06. The van der Waals surface area contributed by atoms with Gasteiger partial charge in [-0.15, -0.1) is 10.2 Å². The Labute approximate surface area is 175 Å². The summed E-state index contributed by atoms with van der Waals surface area (Å²) in [6, 6.07) is 11.8. The van der Waals surface area contributed by atoms with Gasteiger partial charge in [-0.05, 0) is 42.8 Å². The summed E-state index contributed by atoms with van der Waals surface area (Å²) in [6.45, 7) is 3.10. The van der Waals surface area contributed by atoms with E-state index in [2.05, 4.69) is 26.1 Å². The third-order valence-corrected chi connectivity index (χ3v) is 5.60. The zero-order valence-electron chi connectivity index (χ0n) is 15.7. The maximum absolute atomic E-state index is 13.5. The lowest BCUT2D eigenvalue weighted by molar-refractivity contribution is -0.114. The summed E-state index contributed by atoms with van der Waals surface area (Å²) in [7, 11) is 0. The maximum Gasteiger partial charge on any atom is 0.234 e. The molecule has 3 aromatic rings. The Balaban J connectivity index is 1.53. The van der Waals surface area contributed by atoms with E-state index in [0.29, 0.717) is 26.4 Å². The fourth-order valence-electron chi connectivity index (χ4n) is 2.32. The summed E-state index contributed by atoms with van der Waals surface area (Å²) in [5.74, 6) is -0.644. The van der Waals surface area contributed by atoms with Crippen molar-refractivity contribution >= 4 is 57.1 Å². The molecule has 0 fully saturated rings. The van der Waals surface area contributed by atoms with E-state index in [-0.39, 0.29) is 23.4 Å². The Morgan fingerprint density at radius 3 is 2.59 bits per heavy atom. The summed E-state index contributed by atoms with van der Waals surface area (Å²) in [4.78, 5) is 23.2. The standard InChI is InChI=1S/C19H18FN5O2S2/c1-11-6-7-15(9-16(11)20)22-17(27)10-28-19-25-24-18(29-19)23-14-5-3-4-13(8-14)21-12(2)26/h3-9H,10H2,1-2H3,(H,21,26)(H,22,27)(H,23,24). The molecule has 0 bridgehead atoms. The van der Waals surface area contributed by atoms with E-state index < -0.39 is 0 Å². The highest BCUT2D eigenvalue weighted by atomic mass is 32.2. The van der Waals surface area contributed by atoms with Gasteiger partial charge < -0.3 is 16.0 Å². The van der Waals surface area contributed by atoms with E-state index in [9.17, 15) is 14.0 Å². The molecule has 0 aliphatic rings. The minimum absolute atomic E-state index is 0.127. The molecule has 2 amide bonds. The number of rotatable bonds is 7. The van der Waals surface area contributed by atoms with Crippen LogP contribution in [-0.4, -0.2) is 27.8 Å². The van der Waals surface area contributed by atoms with E-state index in [1.807, 2.05) is 12.1 Å². The van der Waals surface area contributed by atoms with E-state index in [4.69, 9.17) is 0 Å². The number of anilines is 4. The molecule has 3 rings (SSSR count). The number of nitrogens with zero attached hydrogens (tertiary/aromatic N) is 2. The number of halogens is 1. The van der Waals surface area contributed by atoms with Crippen LogP contribution in [-0.2, 0) is 9.59 Å². The third kappa shape index (κ3) is 6.26. The second-order valence-corrected chi connectivity index (χ2v) is 8.26. The van der Waals surface area contributed by atoms with Crippen LogP contribution < -0.4 is 16.0 Å². The van der Waals surface area contributed by atoms with Crippen molar-refractivity contribution in [1.82, 2.24) is 10.2 Å². The number of benzene rings is 2. The fourth-order valence-corrected chi connectivity index (χ4v) is 3.89. The van der Waals surface area contributed by atoms with Crippen LogP contribution in [0, 0.1) is 12.7 Å². The molecule has 29 heavy (non-hydrogen) atoms. The first kappa shape index (κ1) is 20.7. The van der Waals surface area contributed by atoms with Gasteiger partial charge in [0.1, 0.15) is 5.82 Å². The highest BCUT2D eigenvalue weighted by Gasteiger charge is 2.10. The van der Waals surface area contributed by atoms with Gasteiger partial charge in [-0.3, -0.25) is 9.59 Å². The quantitative estimate of drug-likeness (QED) is 0.479. The SMILES string of the molecule is CC(=O)Nc1cccc(Nc2nnc(SCC(=O)Nc3ccc(C)c(F)c3)s2)c1. The summed E-state index contributed by atoms with van der Waals surface area (Å²) in [5.41, 5.74) is 2.36. The second-order valence-electron chi connectivity index (χ2n) is 6.06. The monoisotopic (exact) mass is 431 g/mol. The Hall–Kier alpha value is -2.98. The molecule has 1 aromatic heterocycles. The van der Waals surface area contributed by atoms with E-state index >= 15 is 0 Å². The molecule has 0 unspecified atom stereocenters. The minimum Gasteiger partial charge on any atom is -0.330 e. The van der Waals surface area contributed by atoms with Crippen LogP contribution in [0.2, 0.25) is 0 Å². The smallest absolute Gasteiger partial charge is 0.234 e. The molecule has 150 valence electrons. The minimum atomic E-state index is -0.363. The van der Waals surface area contributed by atoms with Gasteiger partial charge in [-0.1, -0.05) is 35.2 Å². The zero-order chi connectivity index (χ0) is 20.8. The van der Waals surface area contributed by atoms with Crippen molar-refractivity contribution in [3.05, 3.63) is 53.8 Å². The third-order valence-electron chi connectivity index (χ3n) is 3.62. The van der Waals surface area contributed by atoms with Gasteiger partial charge in [0.05, 0.1) is 5.75 Å². The van der Waals surface area contributed by atoms with Crippen molar-refractivity contribution in [2.24, 2.45) is 0 Å². The normalized spacial score (nSPS) is 10.4. The fraction of sp³-hybridized carbons (Fsp3) is 0.158. The largest absolute Gasteiger partial charge is 0.330 e. The predicted octanol–water partition coefficient (Wildman–Crippen LogP) is 4.42. The number of carbonyl (C=O) groups excluding carboxylic acids is 2. The van der Waals surface area contributed by atoms with Gasteiger partial charge in [-0.2, -0.15) is 0 Å². The average molecular weight is 432 g/mol. The molecule has 0 atom stereocenters. The molecule has 0 spiro atoms. The number of amides is 2. The lowest BCUT2D eigenvalue weighted by atomic mass is 10.2. The lowest BCUT2D eigenvalue weighted by Crippen LogP contribution is -2.14. The van der Waals surface area contributed by atoms with Crippen LogP contribution in [0.5, 0.6) is 0 Å². The first-order valence-electron chi connectivity index (χ1n) is 8.56. The Morgan fingerprint density at radius 1 is 1.07 bits per heavy atom. The molecule has 1 heterocycles.